The summed E-state index contributed by atoms with van der Waals surface area (Å²) in [5, 5.41) is 12.5. The van der Waals surface area contributed by atoms with Crippen LogP contribution in [0.3, 0.4) is 0 Å². The van der Waals surface area contributed by atoms with Gasteiger partial charge in [-0.3, -0.25) is 15.0 Å². The quantitative estimate of drug-likeness (QED) is 0.249. The van der Waals surface area contributed by atoms with Gasteiger partial charge in [0.25, 0.3) is 11.5 Å². The van der Waals surface area contributed by atoms with Crippen LogP contribution in [0.1, 0.15) is 22.8 Å². The number of carbonyl (C=O) groups is 2. The molecule has 0 saturated heterocycles. The van der Waals surface area contributed by atoms with Crippen LogP contribution in [0.15, 0.2) is 64.6 Å². The molecule has 0 atom stereocenters. The van der Waals surface area contributed by atoms with Gasteiger partial charge in [0.1, 0.15) is 16.5 Å². The van der Waals surface area contributed by atoms with E-state index >= 15 is 0 Å². The molecule has 1 heterocycles. The largest absolute Gasteiger partial charge is 0.483 e. The molecule has 0 aliphatic rings. The standard InChI is InChI=1S/C22H20ClN5O5/c1-2-32-22(31)14-7-9-16(10-8-14)26-19(29)13-33-18-6-4-3-5-15(18)11-24-27-17-12-25-28-21(30)20(17)23/h3-12H,2,13H2,1H3,(H,26,29)(H2,27,28,30)/b24-11+. The Labute approximate surface area is 193 Å². The van der Waals surface area contributed by atoms with E-state index in [1.54, 1.807) is 55.5 Å². The number of hydrogen-bond acceptors (Lipinski definition) is 8. The third kappa shape index (κ3) is 6.65. The van der Waals surface area contributed by atoms with E-state index in [4.69, 9.17) is 21.1 Å². The van der Waals surface area contributed by atoms with Crippen LogP contribution in [0.5, 0.6) is 5.75 Å². The molecule has 0 aliphatic carbocycles. The molecule has 0 bridgehead atoms. The van der Waals surface area contributed by atoms with Crippen molar-refractivity contribution in [1.29, 1.82) is 0 Å². The molecular weight excluding hydrogens is 450 g/mol. The highest BCUT2D eigenvalue weighted by atomic mass is 35.5. The van der Waals surface area contributed by atoms with Crippen LogP contribution >= 0.6 is 11.6 Å². The molecular formula is C22H20ClN5O5. The van der Waals surface area contributed by atoms with Gasteiger partial charge in [-0.15, -0.1) is 0 Å². The van der Waals surface area contributed by atoms with Crippen molar-refractivity contribution in [3.63, 3.8) is 0 Å². The number of carbonyl (C=O) groups excluding carboxylic acids is 2. The average molecular weight is 470 g/mol. The predicted molar refractivity (Wildman–Crippen MR) is 124 cm³/mol. The SMILES string of the molecule is CCOC(=O)c1ccc(NC(=O)COc2ccccc2/C=N/Nc2cn[nH]c(=O)c2Cl)cc1. The summed E-state index contributed by atoms with van der Waals surface area (Å²) >= 11 is 5.88. The Morgan fingerprint density at radius 2 is 1.94 bits per heavy atom. The lowest BCUT2D eigenvalue weighted by atomic mass is 10.2. The minimum absolute atomic E-state index is 0.0707. The van der Waals surface area contributed by atoms with E-state index in [0.29, 0.717) is 22.6 Å². The number of esters is 1. The van der Waals surface area contributed by atoms with Crippen LogP contribution in [0.25, 0.3) is 0 Å². The van der Waals surface area contributed by atoms with Gasteiger partial charge >= 0.3 is 5.97 Å². The van der Waals surface area contributed by atoms with Crippen molar-refractivity contribution in [2.75, 3.05) is 24.0 Å². The molecule has 11 heteroatoms. The number of hydrogen-bond donors (Lipinski definition) is 3. The number of rotatable bonds is 9. The Bertz CT molecular complexity index is 1210. The number of aromatic amines is 1. The molecule has 2 aromatic carbocycles. The summed E-state index contributed by atoms with van der Waals surface area (Å²) in [5.41, 5.74) is 3.83. The Hall–Kier alpha value is -4.18. The second-order valence-electron chi connectivity index (χ2n) is 6.47. The Balaban J connectivity index is 1.57. The molecule has 10 nitrogen and oxygen atoms in total. The maximum atomic E-state index is 12.3. The molecule has 0 spiro atoms. The number of benzene rings is 2. The van der Waals surface area contributed by atoms with Gasteiger partial charge in [-0.25, -0.2) is 9.89 Å². The van der Waals surface area contributed by atoms with Gasteiger partial charge in [-0.05, 0) is 43.3 Å². The van der Waals surface area contributed by atoms with Gasteiger partial charge in [0.05, 0.1) is 24.6 Å². The Morgan fingerprint density at radius 1 is 1.18 bits per heavy atom. The third-order valence-electron chi connectivity index (χ3n) is 4.14. The van der Waals surface area contributed by atoms with E-state index in [1.165, 1.54) is 12.4 Å². The van der Waals surface area contributed by atoms with Gasteiger partial charge in [-0.2, -0.15) is 10.2 Å². The van der Waals surface area contributed by atoms with Crippen LogP contribution in [0.4, 0.5) is 11.4 Å². The summed E-state index contributed by atoms with van der Waals surface area (Å²) in [6.45, 7) is 1.77. The van der Waals surface area contributed by atoms with Crippen molar-refractivity contribution in [3.8, 4) is 5.75 Å². The van der Waals surface area contributed by atoms with Crippen molar-refractivity contribution in [3.05, 3.63) is 81.2 Å². The molecule has 1 aromatic heterocycles. The van der Waals surface area contributed by atoms with Crippen molar-refractivity contribution in [2.24, 2.45) is 5.10 Å². The number of H-pyrrole nitrogens is 1. The van der Waals surface area contributed by atoms with Gasteiger partial charge < -0.3 is 14.8 Å². The van der Waals surface area contributed by atoms with E-state index in [1.807, 2.05) is 0 Å². The molecule has 3 rings (SSSR count). The summed E-state index contributed by atoms with van der Waals surface area (Å²) in [6.07, 6.45) is 2.78. The van der Waals surface area contributed by atoms with Crippen LogP contribution in [-0.2, 0) is 9.53 Å². The highest BCUT2D eigenvalue weighted by Gasteiger charge is 2.09. The summed E-state index contributed by atoms with van der Waals surface area (Å²) in [7, 11) is 0. The topological polar surface area (TPSA) is 135 Å². The number of anilines is 2. The summed E-state index contributed by atoms with van der Waals surface area (Å²) in [6, 6.07) is 13.3. The lowest BCUT2D eigenvalue weighted by Crippen LogP contribution is -2.20. The number of para-hydroxylation sites is 1. The molecule has 0 radical (unpaired) electrons. The number of amides is 1. The first-order valence-corrected chi connectivity index (χ1v) is 10.2. The van der Waals surface area contributed by atoms with Gasteiger partial charge in [0.2, 0.25) is 0 Å². The number of aromatic nitrogens is 2. The minimum Gasteiger partial charge on any atom is -0.483 e. The second kappa shape index (κ2) is 11.4. The predicted octanol–water partition coefficient (Wildman–Crippen LogP) is 3.06. The van der Waals surface area contributed by atoms with Gasteiger partial charge in [-0.1, -0.05) is 23.7 Å². The molecule has 3 aromatic rings. The Kier molecular flexibility index (Phi) is 8.14. The van der Waals surface area contributed by atoms with Crippen molar-refractivity contribution < 1.29 is 19.1 Å². The van der Waals surface area contributed by atoms with Gasteiger partial charge in [0, 0.05) is 11.3 Å². The zero-order valence-corrected chi connectivity index (χ0v) is 18.3. The molecule has 0 saturated carbocycles. The zero-order valence-electron chi connectivity index (χ0n) is 17.5. The van der Waals surface area contributed by atoms with E-state index in [2.05, 4.69) is 26.0 Å². The smallest absolute Gasteiger partial charge is 0.338 e. The van der Waals surface area contributed by atoms with Crippen LogP contribution in [0, 0.1) is 0 Å². The fraction of sp³-hybridized carbons (Fsp3) is 0.136. The first kappa shape index (κ1) is 23.5. The zero-order chi connectivity index (χ0) is 23.6. The number of hydrazone groups is 1. The van der Waals surface area contributed by atoms with E-state index in [9.17, 15) is 14.4 Å². The number of ether oxygens (including phenoxy) is 2. The van der Waals surface area contributed by atoms with Crippen LogP contribution in [0.2, 0.25) is 5.02 Å². The van der Waals surface area contributed by atoms with Gasteiger partial charge in [0.15, 0.2) is 6.61 Å². The first-order valence-electron chi connectivity index (χ1n) is 9.79. The molecule has 170 valence electrons. The van der Waals surface area contributed by atoms with Crippen molar-refractivity contribution in [2.45, 2.75) is 6.92 Å². The number of nitrogens with zero attached hydrogens (tertiary/aromatic N) is 2. The lowest BCUT2D eigenvalue weighted by molar-refractivity contribution is -0.118. The highest BCUT2D eigenvalue weighted by molar-refractivity contribution is 6.32. The fourth-order valence-electron chi connectivity index (χ4n) is 2.60. The lowest BCUT2D eigenvalue weighted by Gasteiger charge is -2.10. The summed E-state index contributed by atoms with van der Waals surface area (Å²) in [5.74, 6) is -0.389. The summed E-state index contributed by atoms with van der Waals surface area (Å²) in [4.78, 5) is 35.4. The maximum absolute atomic E-state index is 12.3. The summed E-state index contributed by atoms with van der Waals surface area (Å²) < 4.78 is 10.5. The fourth-order valence-corrected chi connectivity index (χ4v) is 2.73. The first-order chi connectivity index (χ1) is 16.0. The number of nitrogens with one attached hydrogen (secondary N) is 3. The molecule has 3 N–H and O–H groups in total. The number of halogens is 1. The van der Waals surface area contributed by atoms with E-state index < -0.39 is 11.5 Å². The second-order valence-corrected chi connectivity index (χ2v) is 6.85. The Morgan fingerprint density at radius 3 is 2.70 bits per heavy atom. The van der Waals surface area contributed by atoms with Crippen molar-refractivity contribution in [1.82, 2.24) is 10.2 Å². The minimum atomic E-state index is -0.540. The molecule has 1 amide bonds. The van der Waals surface area contributed by atoms with Crippen LogP contribution < -0.4 is 21.0 Å². The molecule has 0 unspecified atom stereocenters. The molecule has 0 fully saturated rings. The highest BCUT2D eigenvalue weighted by Crippen LogP contribution is 2.18. The van der Waals surface area contributed by atoms with Crippen LogP contribution in [-0.4, -0.2) is 41.5 Å². The molecule has 0 aliphatic heterocycles. The monoisotopic (exact) mass is 469 g/mol. The van der Waals surface area contributed by atoms with E-state index in [-0.39, 0.29) is 29.8 Å². The third-order valence-corrected chi connectivity index (χ3v) is 4.52. The normalized spacial score (nSPS) is 10.6. The van der Waals surface area contributed by atoms with Crippen molar-refractivity contribution >= 4 is 41.1 Å². The molecule has 33 heavy (non-hydrogen) atoms. The average Bonchev–Trinajstić information content (AvgIpc) is 2.82. The maximum Gasteiger partial charge on any atom is 0.338 e. The van der Waals surface area contributed by atoms with E-state index in [0.717, 1.165) is 0 Å².